The van der Waals surface area contributed by atoms with Gasteiger partial charge >= 0.3 is 0 Å². The number of rotatable bonds is 7. The number of anilines is 1. The van der Waals surface area contributed by atoms with Crippen molar-refractivity contribution in [2.45, 2.75) is 21.9 Å². The van der Waals surface area contributed by atoms with Gasteiger partial charge in [-0.2, -0.15) is 4.98 Å². The molecule has 6 nitrogen and oxygen atoms in total. The van der Waals surface area contributed by atoms with Crippen LogP contribution in [0.3, 0.4) is 0 Å². The molecule has 10 heteroatoms. The van der Waals surface area contributed by atoms with Gasteiger partial charge in [0, 0.05) is 11.3 Å². The van der Waals surface area contributed by atoms with Crippen LogP contribution in [0.15, 0.2) is 92.2 Å². The molecule has 1 heterocycles. The fraction of sp³-hybridized carbons (Fsp3) is 0.0833. The van der Waals surface area contributed by atoms with Gasteiger partial charge in [-0.15, -0.1) is 0 Å². The fourth-order valence-corrected chi connectivity index (χ4v) is 5.29. The van der Waals surface area contributed by atoms with Crippen LogP contribution >= 0.6 is 11.8 Å². The van der Waals surface area contributed by atoms with Gasteiger partial charge in [0.05, 0.1) is 10.6 Å². The maximum Gasteiger partial charge on any atom is 0.234 e. The van der Waals surface area contributed by atoms with E-state index in [1.807, 2.05) is 19.1 Å². The topological polar surface area (TPSA) is 89.3 Å². The Labute approximate surface area is 199 Å². The van der Waals surface area contributed by atoms with E-state index in [4.69, 9.17) is 4.42 Å². The molecular weight excluding hydrogens is 482 g/mol. The Kier molecular flexibility index (Phi) is 6.80. The van der Waals surface area contributed by atoms with E-state index in [0.717, 1.165) is 41.6 Å². The number of carbonyl (C=O) groups excluding carboxylic acids is 1. The molecule has 174 valence electrons. The molecule has 0 bridgehead atoms. The van der Waals surface area contributed by atoms with E-state index in [0.29, 0.717) is 11.3 Å². The number of aryl methyl sites for hydroxylation is 1. The number of nitrogens with one attached hydrogen (secondary N) is 1. The van der Waals surface area contributed by atoms with Gasteiger partial charge in [-0.3, -0.25) is 4.79 Å². The minimum atomic E-state index is -4.16. The molecule has 34 heavy (non-hydrogen) atoms. The van der Waals surface area contributed by atoms with E-state index in [9.17, 15) is 22.0 Å². The Hall–Kier alpha value is -3.50. The number of oxazole rings is 1. The molecular formula is C24H18F2N2O4S2. The van der Waals surface area contributed by atoms with Crippen molar-refractivity contribution >= 4 is 33.2 Å². The normalized spacial score (nSPS) is 11.4. The first-order valence-corrected chi connectivity index (χ1v) is 12.5. The van der Waals surface area contributed by atoms with Gasteiger partial charge < -0.3 is 9.73 Å². The van der Waals surface area contributed by atoms with E-state index < -0.39 is 27.4 Å². The molecule has 0 atom stereocenters. The minimum absolute atomic E-state index is 0.0714. The van der Waals surface area contributed by atoms with Crippen LogP contribution in [-0.4, -0.2) is 25.1 Å². The lowest BCUT2D eigenvalue weighted by Crippen LogP contribution is -2.14. The Morgan fingerprint density at radius 2 is 1.53 bits per heavy atom. The lowest BCUT2D eigenvalue weighted by molar-refractivity contribution is -0.113. The number of aromatic nitrogens is 1. The average Bonchev–Trinajstić information content (AvgIpc) is 3.25. The summed E-state index contributed by atoms with van der Waals surface area (Å²) in [6, 6.07) is 16.7. The van der Waals surface area contributed by atoms with Gasteiger partial charge in [-0.05, 0) is 67.6 Å². The van der Waals surface area contributed by atoms with Gasteiger partial charge in [-0.25, -0.2) is 17.2 Å². The van der Waals surface area contributed by atoms with Crippen LogP contribution in [0.4, 0.5) is 14.5 Å². The zero-order valence-corrected chi connectivity index (χ0v) is 19.4. The fourth-order valence-electron chi connectivity index (χ4n) is 2.96. The van der Waals surface area contributed by atoms with Gasteiger partial charge in [0.25, 0.3) is 0 Å². The SMILES string of the molecule is Cc1ccc(-c2nc(S(=O)(=O)c3ccc(F)cc3)c(SCC(=O)Nc3ccc(F)cc3)o2)cc1. The number of hydrogen-bond acceptors (Lipinski definition) is 6. The molecule has 0 radical (unpaired) electrons. The average molecular weight is 501 g/mol. The Balaban J connectivity index is 1.64. The molecule has 0 unspecified atom stereocenters. The first kappa shape index (κ1) is 23.7. The molecule has 4 aromatic rings. The molecule has 0 saturated carbocycles. The summed E-state index contributed by atoms with van der Waals surface area (Å²) in [6.07, 6.45) is 0. The van der Waals surface area contributed by atoms with E-state index in [-0.39, 0.29) is 26.7 Å². The van der Waals surface area contributed by atoms with Crippen LogP contribution in [-0.2, 0) is 14.6 Å². The number of hydrogen-bond donors (Lipinski definition) is 1. The lowest BCUT2D eigenvalue weighted by atomic mass is 10.1. The van der Waals surface area contributed by atoms with Crippen molar-refractivity contribution in [1.82, 2.24) is 4.98 Å². The summed E-state index contributed by atoms with van der Waals surface area (Å²) in [5.41, 5.74) is 1.95. The third kappa shape index (κ3) is 5.35. The summed E-state index contributed by atoms with van der Waals surface area (Å²) < 4.78 is 58.6. The summed E-state index contributed by atoms with van der Waals surface area (Å²) in [6.45, 7) is 1.91. The first-order chi connectivity index (χ1) is 16.2. The van der Waals surface area contributed by atoms with Gasteiger partial charge in [-0.1, -0.05) is 29.5 Å². The first-order valence-electron chi connectivity index (χ1n) is 9.99. The lowest BCUT2D eigenvalue weighted by Gasteiger charge is -2.05. The molecule has 3 aromatic carbocycles. The molecule has 1 N–H and O–H groups in total. The Bertz CT molecular complexity index is 1420. The van der Waals surface area contributed by atoms with E-state index in [1.54, 1.807) is 12.1 Å². The highest BCUT2D eigenvalue weighted by molar-refractivity contribution is 8.00. The Morgan fingerprint density at radius 3 is 2.15 bits per heavy atom. The predicted molar refractivity (Wildman–Crippen MR) is 124 cm³/mol. The van der Waals surface area contributed by atoms with Crippen LogP contribution in [0.25, 0.3) is 11.5 Å². The van der Waals surface area contributed by atoms with Gasteiger partial charge in [0.15, 0.2) is 0 Å². The van der Waals surface area contributed by atoms with Gasteiger partial charge in [0.1, 0.15) is 11.6 Å². The summed E-state index contributed by atoms with van der Waals surface area (Å²) in [4.78, 5) is 16.4. The van der Waals surface area contributed by atoms with Crippen molar-refractivity contribution in [3.63, 3.8) is 0 Å². The van der Waals surface area contributed by atoms with Crippen molar-refractivity contribution < 1.29 is 26.4 Å². The van der Waals surface area contributed by atoms with Gasteiger partial charge in [0.2, 0.25) is 31.8 Å². The van der Waals surface area contributed by atoms with Crippen LogP contribution in [0.5, 0.6) is 0 Å². The molecule has 1 aromatic heterocycles. The maximum atomic E-state index is 13.3. The highest BCUT2D eigenvalue weighted by atomic mass is 32.2. The quantitative estimate of drug-likeness (QED) is 0.267. The second-order valence-electron chi connectivity index (χ2n) is 7.28. The largest absolute Gasteiger partial charge is 0.428 e. The molecule has 0 aliphatic rings. The molecule has 4 rings (SSSR count). The number of nitrogens with zero attached hydrogens (tertiary/aromatic N) is 1. The Morgan fingerprint density at radius 1 is 0.941 bits per heavy atom. The molecule has 0 spiro atoms. The molecule has 0 aliphatic carbocycles. The van der Waals surface area contributed by atoms with E-state index >= 15 is 0 Å². The van der Waals surface area contributed by atoms with Crippen molar-refractivity contribution in [2.75, 3.05) is 11.1 Å². The zero-order valence-electron chi connectivity index (χ0n) is 17.8. The standard InChI is InChI=1S/C24H18F2N2O4S2/c1-15-2-4-16(5-3-15)22-28-23(34(30,31)20-12-8-18(26)9-13-20)24(32-22)33-14-21(29)27-19-10-6-17(25)7-11-19/h2-13H,14H2,1H3,(H,27,29). The van der Waals surface area contributed by atoms with Crippen LogP contribution in [0, 0.1) is 18.6 Å². The number of carbonyl (C=O) groups is 1. The highest BCUT2D eigenvalue weighted by Gasteiger charge is 2.29. The summed E-state index contributed by atoms with van der Waals surface area (Å²) in [5.74, 6) is -1.58. The van der Waals surface area contributed by atoms with Crippen LogP contribution in [0.2, 0.25) is 0 Å². The number of sulfone groups is 1. The number of thioether (sulfide) groups is 1. The minimum Gasteiger partial charge on any atom is -0.428 e. The molecule has 0 aliphatic heterocycles. The van der Waals surface area contributed by atoms with E-state index in [1.165, 1.54) is 24.3 Å². The summed E-state index contributed by atoms with van der Waals surface area (Å²) >= 11 is 0.852. The third-order valence-electron chi connectivity index (χ3n) is 4.71. The maximum absolute atomic E-state index is 13.3. The summed E-state index contributed by atoms with van der Waals surface area (Å²) in [7, 11) is -4.16. The smallest absolute Gasteiger partial charge is 0.234 e. The van der Waals surface area contributed by atoms with Crippen molar-refractivity contribution in [2.24, 2.45) is 0 Å². The number of amides is 1. The predicted octanol–water partition coefficient (Wildman–Crippen LogP) is 5.49. The van der Waals surface area contributed by atoms with Crippen LogP contribution in [0.1, 0.15) is 5.56 Å². The molecule has 0 saturated heterocycles. The van der Waals surface area contributed by atoms with Crippen molar-refractivity contribution in [3.8, 4) is 11.5 Å². The monoisotopic (exact) mass is 500 g/mol. The van der Waals surface area contributed by atoms with Crippen LogP contribution < -0.4 is 5.32 Å². The van der Waals surface area contributed by atoms with Crippen molar-refractivity contribution in [3.05, 3.63) is 90.0 Å². The molecule has 0 fully saturated rings. The zero-order chi connectivity index (χ0) is 24.3. The molecule has 1 amide bonds. The number of benzene rings is 3. The number of halogens is 2. The summed E-state index contributed by atoms with van der Waals surface area (Å²) in [5, 5.41) is 2.16. The highest BCUT2D eigenvalue weighted by Crippen LogP contribution is 2.35. The van der Waals surface area contributed by atoms with Crippen molar-refractivity contribution in [1.29, 1.82) is 0 Å². The second kappa shape index (κ2) is 9.78. The third-order valence-corrected chi connectivity index (χ3v) is 7.46. The van der Waals surface area contributed by atoms with E-state index in [2.05, 4.69) is 10.3 Å². The second-order valence-corrected chi connectivity index (χ2v) is 10.1.